The Hall–Kier alpha value is -1.79. The second kappa shape index (κ2) is 6.26. The maximum Gasteiger partial charge on any atom is 0.254 e. The normalized spacial score (nSPS) is 28.5. The zero-order valence-corrected chi connectivity index (χ0v) is 14.0. The molecule has 0 radical (unpaired) electrons. The molecule has 0 unspecified atom stereocenters. The molecule has 0 spiro atoms. The molecule has 3 aliphatic rings. The van der Waals surface area contributed by atoms with E-state index < -0.39 is 0 Å². The molecular weight excluding hydrogens is 310 g/mol. The molecule has 3 heterocycles. The summed E-state index contributed by atoms with van der Waals surface area (Å²) in [7, 11) is 1.72. The Morgan fingerprint density at radius 3 is 3.12 bits per heavy atom. The molecule has 2 atom stereocenters. The van der Waals surface area contributed by atoms with Crippen LogP contribution in [0.1, 0.15) is 29.6 Å². The van der Waals surface area contributed by atoms with Crippen molar-refractivity contribution in [1.29, 1.82) is 0 Å². The number of rotatable bonds is 3. The molecule has 3 aliphatic heterocycles. The van der Waals surface area contributed by atoms with Crippen molar-refractivity contribution in [3.8, 4) is 11.5 Å². The monoisotopic (exact) mass is 333 g/mol. The molecule has 2 saturated heterocycles. The van der Waals surface area contributed by atoms with Crippen LogP contribution in [0.25, 0.3) is 0 Å². The SMILES string of the molecule is COC[C@]12CCCO[C@@H]1CCN(C(=O)c1ccc3c(c1)OCO3)C2. The van der Waals surface area contributed by atoms with Gasteiger partial charge in [-0.1, -0.05) is 0 Å². The predicted octanol–water partition coefficient (Wildman–Crippen LogP) is 2.07. The summed E-state index contributed by atoms with van der Waals surface area (Å²) in [5.41, 5.74) is 0.555. The van der Waals surface area contributed by atoms with E-state index in [-0.39, 0.29) is 24.2 Å². The molecule has 6 nitrogen and oxygen atoms in total. The molecule has 2 fully saturated rings. The molecule has 4 rings (SSSR count). The first-order valence-corrected chi connectivity index (χ1v) is 8.51. The van der Waals surface area contributed by atoms with Crippen molar-refractivity contribution < 1.29 is 23.7 Å². The molecule has 6 heteroatoms. The summed E-state index contributed by atoms with van der Waals surface area (Å²) in [5, 5.41) is 0. The molecular formula is C18H23NO5. The van der Waals surface area contributed by atoms with Crippen molar-refractivity contribution in [3.05, 3.63) is 23.8 Å². The Labute approximate surface area is 141 Å². The van der Waals surface area contributed by atoms with Crippen molar-refractivity contribution >= 4 is 5.91 Å². The zero-order valence-electron chi connectivity index (χ0n) is 14.0. The summed E-state index contributed by atoms with van der Waals surface area (Å²) in [6, 6.07) is 5.39. The van der Waals surface area contributed by atoms with Crippen molar-refractivity contribution in [1.82, 2.24) is 4.90 Å². The van der Waals surface area contributed by atoms with Crippen LogP contribution in [0.5, 0.6) is 11.5 Å². The topological polar surface area (TPSA) is 57.2 Å². The van der Waals surface area contributed by atoms with Gasteiger partial charge in [0.15, 0.2) is 11.5 Å². The van der Waals surface area contributed by atoms with Crippen LogP contribution in [0.15, 0.2) is 18.2 Å². The lowest BCUT2D eigenvalue weighted by Gasteiger charge is -2.50. The van der Waals surface area contributed by atoms with Gasteiger partial charge < -0.3 is 23.8 Å². The van der Waals surface area contributed by atoms with Gasteiger partial charge in [0, 0.05) is 37.8 Å². The molecule has 24 heavy (non-hydrogen) atoms. The second-order valence-corrected chi connectivity index (χ2v) is 6.84. The molecule has 130 valence electrons. The lowest BCUT2D eigenvalue weighted by molar-refractivity contribution is -0.142. The number of methoxy groups -OCH3 is 1. The van der Waals surface area contributed by atoms with Crippen LogP contribution in [0, 0.1) is 5.41 Å². The fourth-order valence-electron chi connectivity index (χ4n) is 4.17. The van der Waals surface area contributed by atoms with E-state index in [1.165, 1.54) is 0 Å². The van der Waals surface area contributed by atoms with E-state index in [4.69, 9.17) is 18.9 Å². The van der Waals surface area contributed by atoms with Crippen molar-refractivity contribution in [2.75, 3.05) is 40.2 Å². The smallest absolute Gasteiger partial charge is 0.254 e. The number of likely N-dealkylation sites (tertiary alicyclic amines) is 1. The van der Waals surface area contributed by atoms with E-state index in [0.29, 0.717) is 36.8 Å². The summed E-state index contributed by atoms with van der Waals surface area (Å²) < 4.78 is 22.2. The molecule has 0 bridgehead atoms. The van der Waals surface area contributed by atoms with Gasteiger partial charge in [0.1, 0.15) is 0 Å². The van der Waals surface area contributed by atoms with Gasteiger partial charge in [-0.05, 0) is 37.5 Å². The fourth-order valence-corrected chi connectivity index (χ4v) is 4.17. The number of ether oxygens (including phenoxy) is 4. The average molecular weight is 333 g/mol. The second-order valence-electron chi connectivity index (χ2n) is 6.84. The van der Waals surface area contributed by atoms with Gasteiger partial charge >= 0.3 is 0 Å². The molecule has 0 aliphatic carbocycles. The van der Waals surface area contributed by atoms with Gasteiger partial charge in [-0.15, -0.1) is 0 Å². The average Bonchev–Trinajstić information content (AvgIpc) is 3.08. The van der Waals surface area contributed by atoms with E-state index in [1.807, 2.05) is 11.0 Å². The van der Waals surface area contributed by atoms with Crippen LogP contribution in [-0.4, -0.2) is 57.1 Å². The van der Waals surface area contributed by atoms with Crippen molar-refractivity contribution in [3.63, 3.8) is 0 Å². The quantitative estimate of drug-likeness (QED) is 0.848. The van der Waals surface area contributed by atoms with Gasteiger partial charge in [-0.25, -0.2) is 0 Å². The summed E-state index contributed by atoms with van der Waals surface area (Å²) in [6.45, 7) is 3.05. The first kappa shape index (κ1) is 15.7. The molecule has 0 saturated carbocycles. The van der Waals surface area contributed by atoms with Crippen molar-refractivity contribution in [2.45, 2.75) is 25.4 Å². The van der Waals surface area contributed by atoms with Crippen LogP contribution in [0.3, 0.4) is 0 Å². The number of fused-ring (bicyclic) bond motifs is 2. The van der Waals surface area contributed by atoms with E-state index in [1.54, 1.807) is 19.2 Å². The standard InChI is InChI=1S/C18H23NO5/c1-21-11-18-6-2-8-22-16(18)5-7-19(10-18)17(20)13-3-4-14-15(9-13)24-12-23-14/h3-4,9,16H,2,5-8,10-12H2,1H3/t16-,18-/m1/s1. The number of carbonyl (C=O) groups excluding carboxylic acids is 1. The summed E-state index contributed by atoms with van der Waals surface area (Å²) in [5.74, 6) is 1.37. The number of hydrogen-bond acceptors (Lipinski definition) is 5. The zero-order chi connectivity index (χ0) is 16.6. The van der Waals surface area contributed by atoms with Gasteiger partial charge in [-0.3, -0.25) is 4.79 Å². The highest BCUT2D eigenvalue weighted by Gasteiger charge is 2.47. The highest BCUT2D eigenvalue weighted by molar-refractivity contribution is 5.95. The van der Waals surface area contributed by atoms with Gasteiger partial charge in [0.2, 0.25) is 6.79 Å². The van der Waals surface area contributed by atoms with E-state index >= 15 is 0 Å². The Morgan fingerprint density at radius 1 is 1.38 bits per heavy atom. The number of carbonyl (C=O) groups is 1. The minimum atomic E-state index is -0.0861. The van der Waals surface area contributed by atoms with Crippen LogP contribution in [-0.2, 0) is 9.47 Å². The first-order chi connectivity index (χ1) is 11.7. The first-order valence-electron chi connectivity index (χ1n) is 8.51. The van der Waals surface area contributed by atoms with Crippen LogP contribution in [0.2, 0.25) is 0 Å². The number of nitrogens with zero attached hydrogens (tertiary/aromatic N) is 1. The van der Waals surface area contributed by atoms with Crippen LogP contribution >= 0.6 is 0 Å². The third-order valence-corrected chi connectivity index (χ3v) is 5.33. The minimum Gasteiger partial charge on any atom is -0.454 e. The van der Waals surface area contributed by atoms with Crippen LogP contribution < -0.4 is 9.47 Å². The molecule has 1 aromatic carbocycles. The number of amides is 1. The highest BCUT2D eigenvalue weighted by Crippen LogP contribution is 2.41. The Balaban J connectivity index is 1.54. The summed E-state index contributed by atoms with van der Waals surface area (Å²) in [4.78, 5) is 14.9. The lowest BCUT2D eigenvalue weighted by atomic mass is 9.73. The summed E-state index contributed by atoms with van der Waals surface area (Å²) >= 11 is 0. The molecule has 0 N–H and O–H groups in total. The summed E-state index contributed by atoms with van der Waals surface area (Å²) in [6.07, 6.45) is 3.11. The third-order valence-electron chi connectivity index (χ3n) is 5.33. The van der Waals surface area contributed by atoms with E-state index in [9.17, 15) is 4.79 Å². The van der Waals surface area contributed by atoms with E-state index in [0.717, 1.165) is 25.9 Å². The maximum absolute atomic E-state index is 13.0. The number of benzene rings is 1. The largest absolute Gasteiger partial charge is 0.454 e. The van der Waals surface area contributed by atoms with Crippen molar-refractivity contribution in [2.24, 2.45) is 5.41 Å². The Bertz CT molecular complexity index is 630. The predicted molar refractivity (Wildman–Crippen MR) is 86.4 cm³/mol. The minimum absolute atomic E-state index is 0.0350. The molecule has 1 aromatic rings. The molecule has 1 amide bonds. The fraction of sp³-hybridized carbons (Fsp3) is 0.611. The maximum atomic E-state index is 13.0. The highest BCUT2D eigenvalue weighted by atomic mass is 16.7. The lowest BCUT2D eigenvalue weighted by Crippen LogP contribution is -2.58. The van der Waals surface area contributed by atoms with E-state index in [2.05, 4.69) is 0 Å². The Morgan fingerprint density at radius 2 is 2.25 bits per heavy atom. The number of piperidine rings is 1. The van der Waals surface area contributed by atoms with Gasteiger partial charge in [0.05, 0.1) is 12.7 Å². The van der Waals surface area contributed by atoms with Gasteiger partial charge in [0.25, 0.3) is 5.91 Å². The third kappa shape index (κ3) is 2.63. The molecule has 0 aromatic heterocycles. The Kier molecular flexibility index (Phi) is 4.10. The van der Waals surface area contributed by atoms with Crippen LogP contribution in [0.4, 0.5) is 0 Å². The van der Waals surface area contributed by atoms with Gasteiger partial charge in [-0.2, -0.15) is 0 Å². The number of hydrogen-bond donors (Lipinski definition) is 0.